The topological polar surface area (TPSA) is 35.2 Å². The average Bonchev–Trinajstić information content (AvgIpc) is 2.34. The minimum atomic E-state index is 0.231. The summed E-state index contributed by atoms with van der Waals surface area (Å²) in [4.78, 5) is 1.34. The number of methoxy groups -OCH3 is 1. The van der Waals surface area contributed by atoms with Crippen LogP contribution in [0, 0.1) is 12.8 Å². The van der Waals surface area contributed by atoms with E-state index in [4.69, 9.17) is 10.5 Å². The summed E-state index contributed by atoms with van der Waals surface area (Å²) in [5.74, 6) is 1.47. The zero-order valence-corrected chi connectivity index (χ0v) is 11.8. The van der Waals surface area contributed by atoms with E-state index in [0.29, 0.717) is 5.92 Å². The Morgan fingerprint density at radius 2 is 2.06 bits per heavy atom. The molecule has 0 saturated carbocycles. The van der Waals surface area contributed by atoms with Gasteiger partial charge in [0.25, 0.3) is 0 Å². The van der Waals surface area contributed by atoms with Crippen molar-refractivity contribution in [2.24, 2.45) is 11.7 Å². The summed E-state index contributed by atoms with van der Waals surface area (Å²) in [5, 5.41) is 0. The number of hydrogen-bond donors (Lipinski definition) is 1. The molecule has 1 aromatic carbocycles. The fourth-order valence-electron chi connectivity index (χ4n) is 1.59. The number of thioether (sulfide) groups is 1. The second-order valence-electron chi connectivity index (χ2n) is 4.50. The average molecular weight is 253 g/mol. The predicted octanol–water partition coefficient (Wildman–Crippen LogP) is 3.09. The molecule has 0 amide bonds. The number of rotatable bonds is 7. The van der Waals surface area contributed by atoms with E-state index in [9.17, 15) is 0 Å². The van der Waals surface area contributed by atoms with Crippen LogP contribution in [0.4, 0.5) is 0 Å². The minimum Gasteiger partial charge on any atom is -0.385 e. The second-order valence-corrected chi connectivity index (χ2v) is 5.56. The van der Waals surface area contributed by atoms with Crippen LogP contribution in [0.3, 0.4) is 0 Å². The van der Waals surface area contributed by atoms with Gasteiger partial charge in [-0.25, -0.2) is 0 Å². The maximum absolute atomic E-state index is 6.18. The van der Waals surface area contributed by atoms with E-state index in [1.54, 1.807) is 7.11 Å². The summed E-state index contributed by atoms with van der Waals surface area (Å²) in [7, 11) is 1.74. The van der Waals surface area contributed by atoms with Gasteiger partial charge in [0.2, 0.25) is 0 Å². The predicted molar refractivity (Wildman–Crippen MR) is 75.5 cm³/mol. The molecule has 3 heteroatoms. The molecule has 2 unspecified atom stereocenters. The fraction of sp³-hybridized carbons (Fsp3) is 0.571. The van der Waals surface area contributed by atoms with Crippen molar-refractivity contribution in [3.8, 4) is 0 Å². The van der Waals surface area contributed by atoms with Gasteiger partial charge >= 0.3 is 0 Å². The van der Waals surface area contributed by atoms with Crippen molar-refractivity contribution in [2.75, 3.05) is 19.5 Å². The van der Waals surface area contributed by atoms with E-state index >= 15 is 0 Å². The SMILES string of the molecule is COCCC(C)C(N)CSc1ccccc1C. The standard InChI is InChI=1S/C14H23NOS/c1-11(8-9-16-3)13(15)10-17-14-7-5-4-6-12(14)2/h4-7,11,13H,8-10,15H2,1-3H3. The molecule has 0 fully saturated rings. The van der Waals surface area contributed by atoms with Crippen LogP contribution < -0.4 is 5.73 Å². The molecule has 0 aromatic heterocycles. The Kier molecular flexibility index (Phi) is 6.63. The first-order valence-electron chi connectivity index (χ1n) is 6.08. The van der Waals surface area contributed by atoms with E-state index < -0.39 is 0 Å². The van der Waals surface area contributed by atoms with Crippen molar-refractivity contribution >= 4 is 11.8 Å². The van der Waals surface area contributed by atoms with Crippen LogP contribution >= 0.6 is 11.8 Å². The number of hydrogen-bond acceptors (Lipinski definition) is 3. The summed E-state index contributed by atoms with van der Waals surface area (Å²) in [6, 6.07) is 8.68. The molecule has 0 aliphatic heterocycles. The summed E-state index contributed by atoms with van der Waals surface area (Å²) in [6.07, 6.45) is 1.03. The lowest BCUT2D eigenvalue weighted by Crippen LogP contribution is -2.31. The van der Waals surface area contributed by atoms with Crippen LogP contribution in [0.2, 0.25) is 0 Å². The highest BCUT2D eigenvalue weighted by molar-refractivity contribution is 7.99. The van der Waals surface area contributed by atoms with Gasteiger partial charge in [0.05, 0.1) is 0 Å². The quantitative estimate of drug-likeness (QED) is 0.758. The Bertz CT molecular complexity index is 330. The van der Waals surface area contributed by atoms with Crippen molar-refractivity contribution < 1.29 is 4.74 Å². The lowest BCUT2D eigenvalue weighted by atomic mass is 10.0. The highest BCUT2D eigenvalue weighted by Crippen LogP contribution is 2.24. The first-order valence-corrected chi connectivity index (χ1v) is 7.06. The van der Waals surface area contributed by atoms with E-state index in [1.165, 1.54) is 10.5 Å². The zero-order chi connectivity index (χ0) is 12.7. The van der Waals surface area contributed by atoms with Crippen LogP contribution in [0.5, 0.6) is 0 Å². The molecule has 0 heterocycles. The third kappa shape index (κ3) is 5.11. The van der Waals surface area contributed by atoms with Gasteiger partial charge in [-0.2, -0.15) is 0 Å². The maximum atomic E-state index is 6.18. The van der Waals surface area contributed by atoms with Gasteiger partial charge in [0, 0.05) is 30.4 Å². The number of aryl methyl sites for hydroxylation is 1. The van der Waals surface area contributed by atoms with E-state index in [0.717, 1.165) is 18.8 Å². The van der Waals surface area contributed by atoms with Crippen molar-refractivity contribution in [3.63, 3.8) is 0 Å². The Morgan fingerprint density at radius 3 is 2.71 bits per heavy atom. The molecule has 1 rings (SSSR count). The molecule has 96 valence electrons. The van der Waals surface area contributed by atoms with E-state index in [2.05, 4.69) is 38.1 Å². The number of benzene rings is 1. The van der Waals surface area contributed by atoms with Gasteiger partial charge in [-0.15, -0.1) is 11.8 Å². The molecule has 2 atom stereocenters. The molecule has 0 spiro atoms. The fourth-order valence-corrected chi connectivity index (χ4v) is 2.76. The molecular weight excluding hydrogens is 230 g/mol. The Morgan fingerprint density at radius 1 is 1.35 bits per heavy atom. The number of ether oxygens (including phenoxy) is 1. The molecule has 2 N–H and O–H groups in total. The van der Waals surface area contributed by atoms with E-state index in [-0.39, 0.29) is 6.04 Å². The zero-order valence-electron chi connectivity index (χ0n) is 11.0. The van der Waals surface area contributed by atoms with Gasteiger partial charge in [-0.3, -0.25) is 0 Å². The maximum Gasteiger partial charge on any atom is 0.0465 e. The van der Waals surface area contributed by atoms with Crippen LogP contribution in [0.25, 0.3) is 0 Å². The Balaban J connectivity index is 2.37. The minimum absolute atomic E-state index is 0.231. The first-order chi connectivity index (χ1) is 8.15. The monoisotopic (exact) mass is 253 g/mol. The summed E-state index contributed by atoms with van der Waals surface area (Å²) in [5.41, 5.74) is 7.51. The first kappa shape index (κ1) is 14.6. The van der Waals surface area contributed by atoms with Crippen LogP contribution in [0.1, 0.15) is 18.9 Å². The smallest absolute Gasteiger partial charge is 0.0465 e. The number of nitrogens with two attached hydrogens (primary N) is 1. The van der Waals surface area contributed by atoms with Crippen molar-refractivity contribution in [2.45, 2.75) is 31.2 Å². The van der Waals surface area contributed by atoms with E-state index in [1.807, 2.05) is 11.8 Å². The molecule has 0 bridgehead atoms. The third-order valence-corrected chi connectivity index (χ3v) is 4.35. The van der Waals surface area contributed by atoms with Crippen molar-refractivity contribution in [1.82, 2.24) is 0 Å². The molecular formula is C14H23NOS. The lowest BCUT2D eigenvalue weighted by Gasteiger charge is -2.19. The summed E-state index contributed by atoms with van der Waals surface area (Å²) in [6.45, 7) is 5.13. The van der Waals surface area contributed by atoms with Gasteiger partial charge in [-0.05, 0) is 30.9 Å². The Hall–Kier alpha value is -0.510. The van der Waals surface area contributed by atoms with Gasteiger partial charge in [0.1, 0.15) is 0 Å². The second kappa shape index (κ2) is 7.75. The molecule has 1 aromatic rings. The van der Waals surface area contributed by atoms with Gasteiger partial charge in [-0.1, -0.05) is 25.1 Å². The molecule has 2 nitrogen and oxygen atoms in total. The molecule has 0 aliphatic carbocycles. The molecule has 0 aliphatic rings. The molecule has 17 heavy (non-hydrogen) atoms. The summed E-state index contributed by atoms with van der Waals surface area (Å²) < 4.78 is 5.08. The molecule has 0 saturated heterocycles. The van der Waals surface area contributed by atoms with Crippen LogP contribution in [-0.2, 0) is 4.74 Å². The van der Waals surface area contributed by atoms with Crippen molar-refractivity contribution in [1.29, 1.82) is 0 Å². The highest BCUT2D eigenvalue weighted by Gasteiger charge is 2.13. The van der Waals surface area contributed by atoms with Crippen molar-refractivity contribution in [3.05, 3.63) is 29.8 Å². The highest BCUT2D eigenvalue weighted by atomic mass is 32.2. The molecule has 0 radical (unpaired) electrons. The van der Waals surface area contributed by atoms with Gasteiger partial charge in [0.15, 0.2) is 0 Å². The largest absolute Gasteiger partial charge is 0.385 e. The van der Waals surface area contributed by atoms with Crippen LogP contribution in [-0.4, -0.2) is 25.5 Å². The lowest BCUT2D eigenvalue weighted by molar-refractivity contribution is 0.176. The summed E-state index contributed by atoms with van der Waals surface area (Å²) >= 11 is 1.85. The third-order valence-electron chi connectivity index (χ3n) is 3.03. The normalized spacial score (nSPS) is 14.6. The Labute approximate surface area is 109 Å². The van der Waals surface area contributed by atoms with Gasteiger partial charge < -0.3 is 10.5 Å². The van der Waals surface area contributed by atoms with Crippen LogP contribution in [0.15, 0.2) is 29.2 Å².